The van der Waals surface area contributed by atoms with E-state index in [0.29, 0.717) is 22.4 Å². The summed E-state index contributed by atoms with van der Waals surface area (Å²) >= 11 is 1.42. The van der Waals surface area contributed by atoms with Crippen molar-refractivity contribution in [3.05, 3.63) is 42.0 Å². The van der Waals surface area contributed by atoms with Gasteiger partial charge >= 0.3 is 6.03 Å². The molecule has 3 rings (SSSR count). The predicted molar refractivity (Wildman–Crippen MR) is 102 cm³/mol. The van der Waals surface area contributed by atoms with E-state index in [4.69, 9.17) is 14.2 Å². The number of hydrogen-bond donors (Lipinski definition) is 2. The van der Waals surface area contributed by atoms with Gasteiger partial charge in [-0.25, -0.2) is 9.78 Å². The van der Waals surface area contributed by atoms with Gasteiger partial charge in [0.25, 0.3) is 0 Å². The second-order valence-electron chi connectivity index (χ2n) is 5.31. The molecular weight excluding hydrogens is 354 g/mol. The molecule has 2 N–H and O–H groups in total. The van der Waals surface area contributed by atoms with Gasteiger partial charge in [-0.05, 0) is 18.2 Å². The SMILES string of the molecule is COc1cc(OC)c(OC)cc1CNC(=O)Nc1nc2ccccc2s1. The van der Waals surface area contributed by atoms with Gasteiger partial charge in [-0.2, -0.15) is 0 Å². The number of nitrogens with one attached hydrogen (secondary N) is 2. The number of hydrogen-bond acceptors (Lipinski definition) is 6. The van der Waals surface area contributed by atoms with E-state index in [9.17, 15) is 4.79 Å². The smallest absolute Gasteiger partial charge is 0.321 e. The highest BCUT2D eigenvalue weighted by Crippen LogP contribution is 2.34. The number of carbonyl (C=O) groups is 1. The molecule has 26 heavy (non-hydrogen) atoms. The highest BCUT2D eigenvalue weighted by Gasteiger charge is 2.13. The van der Waals surface area contributed by atoms with Gasteiger partial charge in [0.05, 0.1) is 31.5 Å². The summed E-state index contributed by atoms with van der Waals surface area (Å²) in [5, 5.41) is 6.09. The van der Waals surface area contributed by atoms with E-state index in [2.05, 4.69) is 15.6 Å². The number of para-hydroxylation sites is 1. The molecule has 0 aliphatic heterocycles. The molecule has 2 amide bonds. The van der Waals surface area contributed by atoms with Crippen LogP contribution in [0.15, 0.2) is 36.4 Å². The summed E-state index contributed by atoms with van der Waals surface area (Å²) < 4.78 is 16.9. The fraction of sp³-hybridized carbons (Fsp3) is 0.222. The lowest BCUT2D eigenvalue weighted by Crippen LogP contribution is -2.28. The number of urea groups is 1. The van der Waals surface area contributed by atoms with Crippen molar-refractivity contribution < 1.29 is 19.0 Å². The van der Waals surface area contributed by atoms with Crippen LogP contribution in [0.1, 0.15) is 5.56 Å². The fourth-order valence-electron chi connectivity index (χ4n) is 2.47. The maximum absolute atomic E-state index is 12.2. The molecule has 0 spiro atoms. The summed E-state index contributed by atoms with van der Waals surface area (Å²) in [6.45, 7) is 0.264. The van der Waals surface area contributed by atoms with Crippen molar-refractivity contribution in [3.8, 4) is 17.2 Å². The normalized spacial score (nSPS) is 10.4. The molecular formula is C18H19N3O4S. The van der Waals surface area contributed by atoms with Crippen LogP contribution in [0.4, 0.5) is 9.93 Å². The first-order chi connectivity index (χ1) is 12.6. The lowest BCUT2D eigenvalue weighted by atomic mass is 10.1. The van der Waals surface area contributed by atoms with E-state index < -0.39 is 0 Å². The van der Waals surface area contributed by atoms with Crippen LogP contribution in [0, 0.1) is 0 Å². The molecule has 136 valence electrons. The molecule has 1 heterocycles. The van der Waals surface area contributed by atoms with Gasteiger partial charge in [0.2, 0.25) is 0 Å². The second kappa shape index (κ2) is 7.92. The van der Waals surface area contributed by atoms with E-state index in [0.717, 1.165) is 15.8 Å². The number of fused-ring (bicyclic) bond motifs is 1. The summed E-state index contributed by atoms with van der Waals surface area (Å²) in [5.74, 6) is 1.73. The molecule has 7 nitrogen and oxygen atoms in total. The highest BCUT2D eigenvalue weighted by molar-refractivity contribution is 7.22. The zero-order valence-electron chi connectivity index (χ0n) is 14.7. The van der Waals surface area contributed by atoms with Crippen LogP contribution in [0.3, 0.4) is 0 Å². The summed E-state index contributed by atoms with van der Waals surface area (Å²) in [4.78, 5) is 16.6. The Bertz CT molecular complexity index is 893. The molecule has 0 unspecified atom stereocenters. The fourth-order valence-corrected chi connectivity index (χ4v) is 3.33. The Morgan fingerprint density at radius 1 is 1.04 bits per heavy atom. The first-order valence-electron chi connectivity index (χ1n) is 7.84. The highest BCUT2D eigenvalue weighted by atomic mass is 32.1. The van der Waals surface area contributed by atoms with Crippen LogP contribution in [0.2, 0.25) is 0 Å². The maximum Gasteiger partial charge on any atom is 0.321 e. The first-order valence-corrected chi connectivity index (χ1v) is 8.65. The molecule has 3 aromatic rings. The van der Waals surface area contributed by atoms with Crippen LogP contribution in [0.25, 0.3) is 10.2 Å². The number of aromatic nitrogens is 1. The van der Waals surface area contributed by atoms with Crippen molar-refractivity contribution in [2.45, 2.75) is 6.54 Å². The minimum atomic E-state index is -0.346. The van der Waals surface area contributed by atoms with Crippen molar-refractivity contribution in [2.75, 3.05) is 26.6 Å². The number of benzene rings is 2. The first kappa shape index (κ1) is 17.8. The van der Waals surface area contributed by atoms with Crippen molar-refractivity contribution in [2.24, 2.45) is 0 Å². The van der Waals surface area contributed by atoms with Gasteiger partial charge in [0, 0.05) is 18.2 Å². The average Bonchev–Trinajstić information content (AvgIpc) is 3.07. The molecule has 0 bridgehead atoms. The summed E-state index contributed by atoms with van der Waals surface area (Å²) in [7, 11) is 4.67. The molecule has 1 aromatic heterocycles. The lowest BCUT2D eigenvalue weighted by molar-refractivity contribution is 0.251. The van der Waals surface area contributed by atoms with E-state index in [-0.39, 0.29) is 12.6 Å². The van der Waals surface area contributed by atoms with Gasteiger partial charge in [-0.15, -0.1) is 0 Å². The number of thiazole rings is 1. The molecule has 0 aliphatic carbocycles. The van der Waals surface area contributed by atoms with Gasteiger partial charge in [-0.1, -0.05) is 23.5 Å². The van der Waals surface area contributed by atoms with Crippen LogP contribution in [-0.2, 0) is 6.54 Å². The zero-order chi connectivity index (χ0) is 18.5. The molecule has 0 radical (unpaired) electrons. The Labute approximate surface area is 154 Å². The zero-order valence-corrected chi connectivity index (χ0v) is 15.5. The number of amides is 2. The summed E-state index contributed by atoms with van der Waals surface area (Å²) in [6, 6.07) is 10.9. The number of methoxy groups -OCH3 is 3. The lowest BCUT2D eigenvalue weighted by Gasteiger charge is -2.14. The monoisotopic (exact) mass is 373 g/mol. The van der Waals surface area contributed by atoms with E-state index in [1.807, 2.05) is 24.3 Å². The Balaban J connectivity index is 1.68. The maximum atomic E-state index is 12.2. The Hall–Kier alpha value is -3.00. The second-order valence-corrected chi connectivity index (χ2v) is 6.34. The average molecular weight is 373 g/mol. The molecule has 0 saturated heterocycles. The number of rotatable bonds is 6. The Morgan fingerprint density at radius 2 is 1.73 bits per heavy atom. The van der Waals surface area contributed by atoms with E-state index >= 15 is 0 Å². The van der Waals surface area contributed by atoms with Crippen LogP contribution in [0.5, 0.6) is 17.2 Å². The van der Waals surface area contributed by atoms with Gasteiger partial charge < -0.3 is 19.5 Å². The van der Waals surface area contributed by atoms with Crippen LogP contribution in [-0.4, -0.2) is 32.3 Å². The standard InChI is InChI=1S/C18H19N3O4S/c1-23-13-9-15(25-3)14(24-2)8-11(13)10-19-17(22)21-18-20-12-6-4-5-7-16(12)26-18/h4-9H,10H2,1-3H3,(H2,19,20,21,22). The minimum Gasteiger partial charge on any atom is -0.496 e. The van der Waals surface area contributed by atoms with E-state index in [1.54, 1.807) is 33.5 Å². The van der Waals surface area contributed by atoms with Crippen molar-refractivity contribution >= 4 is 32.7 Å². The third kappa shape index (κ3) is 3.80. The molecule has 2 aromatic carbocycles. The van der Waals surface area contributed by atoms with Gasteiger partial charge in [0.1, 0.15) is 5.75 Å². The van der Waals surface area contributed by atoms with Gasteiger partial charge in [0.15, 0.2) is 16.6 Å². The van der Waals surface area contributed by atoms with E-state index in [1.165, 1.54) is 11.3 Å². The largest absolute Gasteiger partial charge is 0.496 e. The van der Waals surface area contributed by atoms with Crippen molar-refractivity contribution in [3.63, 3.8) is 0 Å². The molecule has 0 saturated carbocycles. The predicted octanol–water partition coefficient (Wildman–Crippen LogP) is 3.64. The minimum absolute atomic E-state index is 0.264. The topological polar surface area (TPSA) is 81.7 Å². The Kier molecular flexibility index (Phi) is 5.43. The summed E-state index contributed by atoms with van der Waals surface area (Å²) in [5.41, 5.74) is 1.62. The quantitative estimate of drug-likeness (QED) is 0.689. The summed E-state index contributed by atoms with van der Waals surface area (Å²) in [6.07, 6.45) is 0. The molecule has 0 aliphatic rings. The van der Waals surface area contributed by atoms with Crippen LogP contribution >= 0.6 is 11.3 Å². The molecule has 0 fully saturated rings. The number of carbonyl (C=O) groups excluding carboxylic acids is 1. The number of anilines is 1. The molecule has 8 heteroatoms. The van der Waals surface area contributed by atoms with Crippen LogP contribution < -0.4 is 24.8 Å². The molecule has 0 atom stereocenters. The number of ether oxygens (including phenoxy) is 3. The number of nitrogens with zero attached hydrogens (tertiary/aromatic N) is 1. The van der Waals surface area contributed by atoms with Gasteiger partial charge in [-0.3, -0.25) is 5.32 Å². The third-order valence-corrected chi connectivity index (χ3v) is 4.69. The van der Waals surface area contributed by atoms with Crippen molar-refractivity contribution in [1.82, 2.24) is 10.3 Å². The third-order valence-electron chi connectivity index (χ3n) is 3.74. The van der Waals surface area contributed by atoms with Crippen molar-refractivity contribution in [1.29, 1.82) is 0 Å². The Morgan fingerprint density at radius 3 is 2.42 bits per heavy atom.